The minimum atomic E-state index is -1.06. The lowest BCUT2D eigenvalue weighted by atomic mass is 9.82. The smallest absolute Gasteiger partial charge is 0.335 e. The quantitative estimate of drug-likeness (QED) is 0.340. The van der Waals surface area contributed by atoms with Crippen LogP contribution in [-0.4, -0.2) is 39.7 Å². The highest BCUT2D eigenvalue weighted by Gasteiger charge is 2.33. The molecule has 3 rings (SSSR count). The van der Waals surface area contributed by atoms with Gasteiger partial charge in [-0.1, -0.05) is 18.2 Å². The summed E-state index contributed by atoms with van der Waals surface area (Å²) in [6.07, 6.45) is 4.34. The van der Waals surface area contributed by atoms with Gasteiger partial charge >= 0.3 is 11.9 Å². The van der Waals surface area contributed by atoms with Crippen molar-refractivity contribution in [2.24, 2.45) is 11.8 Å². The van der Waals surface area contributed by atoms with E-state index >= 15 is 0 Å². The van der Waals surface area contributed by atoms with Crippen molar-refractivity contribution in [3.05, 3.63) is 65.7 Å². The van der Waals surface area contributed by atoms with Crippen molar-refractivity contribution in [3.63, 3.8) is 0 Å². The molecule has 0 aliphatic heterocycles. The van der Waals surface area contributed by atoms with Crippen LogP contribution >= 0.6 is 11.8 Å². The number of nitrogens with one attached hydrogen (secondary N) is 2. The predicted octanol–water partition coefficient (Wildman–Crippen LogP) is 4.03. The number of amides is 2. The summed E-state index contributed by atoms with van der Waals surface area (Å²) in [5.41, 5.74) is 1.86. The highest BCUT2D eigenvalue weighted by atomic mass is 32.2. The van der Waals surface area contributed by atoms with Gasteiger partial charge in [0.25, 0.3) is 0 Å². The summed E-state index contributed by atoms with van der Waals surface area (Å²) in [5.74, 6) is -3.87. The predicted molar refractivity (Wildman–Crippen MR) is 126 cm³/mol. The van der Waals surface area contributed by atoms with E-state index in [-0.39, 0.29) is 23.1 Å². The van der Waals surface area contributed by atoms with Gasteiger partial charge in [-0.05, 0) is 61.7 Å². The van der Waals surface area contributed by atoms with Gasteiger partial charge in [-0.25, -0.2) is 4.79 Å². The molecule has 2 aromatic carbocycles. The molecule has 2 atom stereocenters. The number of aromatic carboxylic acids is 1. The van der Waals surface area contributed by atoms with E-state index in [1.54, 1.807) is 43.3 Å². The van der Waals surface area contributed by atoms with Crippen LogP contribution in [0.2, 0.25) is 0 Å². The lowest BCUT2D eigenvalue weighted by Crippen LogP contribution is -2.34. The average molecular weight is 469 g/mol. The number of carboxylic acids is 2. The van der Waals surface area contributed by atoms with Crippen LogP contribution < -0.4 is 10.6 Å². The molecule has 2 aromatic rings. The summed E-state index contributed by atoms with van der Waals surface area (Å²) in [4.78, 5) is 48.2. The maximum absolute atomic E-state index is 12.5. The monoisotopic (exact) mass is 468 g/mol. The van der Waals surface area contributed by atoms with Crippen LogP contribution in [0.3, 0.4) is 0 Å². The van der Waals surface area contributed by atoms with Crippen LogP contribution in [-0.2, 0) is 14.4 Å². The highest BCUT2D eigenvalue weighted by Crippen LogP contribution is 2.28. The van der Waals surface area contributed by atoms with E-state index in [0.717, 1.165) is 10.5 Å². The highest BCUT2D eigenvalue weighted by molar-refractivity contribution is 8.00. The summed E-state index contributed by atoms with van der Waals surface area (Å²) >= 11 is 1.30. The van der Waals surface area contributed by atoms with Gasteiger partial charge < -0.3 is 20.8 Å². The molecular formula is C24H24N2O6S. The molecule has 0 spiro atoms. The molecule has 1 aliphatic carbocycles. The van der Waals surface area contributed by atoms with E-state index in [9.17, 15) is 24.3 Å². The molecule has 2 amide bonds. The van der Waals surface area contributed by atoms with Crippen LogP contribution in [0.15, 0.2) is 59.5 Å². The third-order valence-electron chi connectivity index (χ3n) is 5.34. The molecule has 0 heterocycles. The number of hydrogen-bond acceptors (Lipinski definition) is 5. The molecule has 0 fully saturated rings. The second-order valence-corrected chi connectivity index (χ2v) is 8.73. The summed E-state index contributed by atoms with van der Waals surface area (Å²) in [5, 5.41) is 23.9. The van der Waals surface area contributed by atoms with Crippen molar-refractivity contribution in [2.45, 2.75) is 24.7 Å². The third-order valence-corrected chi connectivity index (χ3v) is 6.35. The SMILES string of the molecule is Cc1ccc(C(=O)O)cc1NC(=O)CSc1ccc(NC(=O)C2CC=CCC2C(=O)O)cc1. The first kappa shape index (κ1) is 24.1. The molecule has 2 unspecified atom stereocenters. The topological polar surface area (TPSA) is 133 Å². The summed E-state index contributed by atoms with van der Waals surface area (Å²) in [7, 11) is 0. The number of aryl methyl sites for hydroxylation is 1. The number of anilines is 2. The summed E-state index contributed by atoms with van der Waals surface area (Å²) in [6.45, 7) is 1.78. The zero-order valence-corrected chi connectivity index (χ0v) is 18.7. The Morgan fingerprint density at radius 3 is 2.24 bits per heavy atom. The second kappa shape index (κ2) is 10.8. The molecule has 1 aliphatic rings. The Hall–Kier alpha value is -3.59. The molecule has 0 radical (unpaired) electrons. The molecule has 4 N–H and O–H groups in total. The number of carbonyl (C=O) groups is 4. The van der Waals surface area contributed by atoms with E-state index in [0.29, 0.717) is 24.2 Å². The van der Waals surface area contributed by atoms with Crippen molar-refractivity contribution in [1.29, 1.82) is 0 Å². The van der Waals surface area contributed by atoms with Gasteiger partial charge in [-0.15, -0.1) is 11.8 Å². The Labute approximate surface area is 195 Å². The standard InChI is InChI=1S/C24H24N2O6S/c1-14-6-7-15(23(29)30)12-20(14)26-21(27)13-33-17-10-8-16(9-11-17)25-22(28)18-4-2-3-5-19(18)24(31)32/h2-3,6-12,18-19H,4-5,13H2,1H3,(H,25,28)(H,26,27)(H,29,30)(H,31,32). The molecule has 0 aromatic heterocycles. The van der Waals surface area contributed by atoms with Crippen LogP contribution in [0.5, 0.6) is 0 Å². The minimum Gasteiger partial charge on any atom is -0.481 e. The van der Waals surface area contributed by atoms with Crippen LogP contribution in [0.4, 0.5) is 11.4 Å². The lowest BCUT2D eigenvalue weighted by molar-refractivity contribution is -0.146. The van der Waals surface area contributed by atoms with Crippen molar-refractivity contribution in [1.82, 2.24) is 0 Å². The number of hydrogen-bond donors (Lipinski definition) is 4. The van der Waals surface area contributed by atoms with Gasteiger partial charge in [-0.2, -0.15) is 0 Å². The number of benzene rings is 2. The molecule has 33 heavy (non-hydrogen) atoms. The van der Waals surface area contributed by atoms with Crippen molar-refractivity contribution in [2.75, 3.05) is 16.4 Å². The van der Waals surface area contributed by atoms with Gasteiger partial charge in [0.15, 0.2) is 0 Å². The molecule has 172 valence electrons. The number of carboxylic acid groups (broad SMARTS) is 2. The first-order valence-corrected chi connectivity index (χ1v) is 11.3. The average Bonchev–Trinajstić information content (AvgIpc) is 2.79. The maximum Gasteiger partial charge on any atom is 0.335 e. The Morgan fingerprint density at radius 2 is 1.61 bits per heavy atom. The molecule has 8 nitrogen and oxygen atoms in total. The third kappa shape index (κ3) is 6.45. The van der Waals surface area contributed by atoms with Gasteiger partial charge in [0.2, 0.25) is 11.8 Å². The lowest BCUT2D eigenvalue weighted by Gasteiger charge is -2.24. The number of rotatable bonds is 8. The van der Waals surface area contributed by atoms with Crippen molar-refractivity contribution in [3.8, 4) is 0 Å². The van der Waals surface area contributed by atoms with E-state index in [1.807, 2.05) is 6.08 Å². The van der Waals surface area contributed by atoms with Crippen LogP contribution in [0.1, 0.15) is 28.8 Å². The zero-order chi connectivity index (χ0) is 24.0. The Bertz CT molecular complexity index is 1100. The van der Waals surface area contributed by atoms with E-state index in [4.69, 9.17) is 5.11 Å². The second-order valence-electron chi connectivity index (χ2n) is 7.68. The Kier molecular flexibility index (Phi) is 7.89. The number of aliphatic carboxylic acids is 1. The summed E-state index contributed by atoms with van der Waals surface area (Å²) < 4.78 is 0. The fourth-order valence-electron chi connectivity index (χ4n) is 3.47. The zero-order valence-electron chi connectivity index (χ0n) is 17.9. The van der Waals surface area contributed by atoms with Gasteiger partial charge in [0, 0.05) is 16.3 Å². The van der Waals surface area contributed by atoms with Gasteiger partial charge in [-0.3, -0.25) is 14.4 Å². The van der Waals surface area contributed by atoms with E-state index in [1.165, 1.54) is 23.9 Å². The normalized spacial score (nSPS) is 17.2. The van der Waals surface area contributed by atoms with E-state index in [2.05, 4.69) is 10.6 Å². The molecular weight excluding hydrogens is 444 g/mol. The molecule has 9 heteroatoms. The molecule has 0 saturated carbocycles. The van der Waals surface area contributed by atoms with Gasteiger partial charge in [0.1, 0.15) is 0 Å². The van der Waals surface area contributed by atoms with Crippen molar-refractivity contribution >= 4 is 46.9 Å². The van der Waals surface area contributed by atoms with Gasteiger partial charge in [0.05, 0.1) is 23.2 Å². The number of carbonyl (C=O) groups excluding carboxylic acids is 2. The molecule has 0 bridgehead atoms. The maximum atomic E-state index is 12.5. The Balaban J connectivity index is 1.53. The van der Waals surface area contributed by atoms with Crippen LogP contribution in [0.25, 0.3) is 0 Å². The van der Waals surface area contributed by atoms with Crippen LogP contribution in [0, 0.1) is 18.8 Å². The first-order valence-electron chi connectivity index (χ1n) is 10.3. The Morgan fingerprint density at radius 1 is 0.939 bits per heavy atom. The number of allylic oxidation sites excluding steroid dienone is 2. The fourth-order valence-corrected chi connectivity index (χ4v) is 4.17. The fraction of sp³-hybridized carbons (Fsp3) is 0.250. The minimum absolute atomic E-state index is 0.0973. The summed E-state index contributed by atoms with van der Waals surface area (Å²) in [6, 6.07) is 11.5. The van der Waals surface area contributed by atoms with Crippen molar-refractivity contribution < 1.29 is 29.4 Å². The molecule has 0 saturated heterocycles. The van der Waals surface area contributed by atoms with E-state index < -0.39 is 23.8 Å². The largest absolute Gasteiger partial charge is 0.481 e. The number of thioether (sulfide) groups is 1. The first-order chi connectivity index (χ1) is 15.7.